The van der Waals surface area contributed by atoms with Gasteiger partial charge in [-0.1, -0.05) is 23.5 Å². The van der Waals surface area contributed by atoms with Crippen molar-refractivity contribution in [2.24, 2.45) is 0 Å². The summed E-state index contributed by atoms with van der Waals surface area (Å²) in [7, 11) is 5.14. The van der Waals surface area contributed by atoms with Crippen LogP contribution in [0, 0.1) is 6.92 Å². The fraction of sp³-hybridized carbons (Fsp3) is 0.292. The van der Waals surface area contributed by atoms with Crippen LogP contribution in [0.25, 0.3) is 16.0 Å². The molecule has 1 amide bonds. The quantitative estimate of drug-likeness (QED) is 0.422. The third-order valence-electron chi connectivity index (χ3n) is 5.37. The number of benzene rings is 2. The Labute approximate surface area is 196 Å². The van der Waals surface area contributed by atoms with Crippen molar-refractivity contribution < 1.29 is 14.3 Å². The summed E-state index contributed by atoms with van der Waals surface area (Å²) in [4.78, 5) is 19.3. The summed E-state index contributed by atoms with van der Waals surface area (Å²) in [5.74, 6) is 1.47. The van der Waals surface area contributed by atoms with Crippen LogP contribution in [0.15, 0.2) is 48.5 Å². The van der Waals surface area contributed by atoms with Gasteiger partial charge in [-0.25, -0.2) is 4.68 Å². The van der Waals surface area contributed by atoms with Gasteiger partial charge in [-0.15, -0.1) is 0 Å². The third kappa shape index (κ3) is 4.78. The van der Waals surface area contributed by atoms with Gasteiger partial charge in [-0.3, -0.25) is 4.79 Å². The van der Waals surface area contributed by atoms with Gasteiger partial charge >= 0.3 is 0 Å². The molecule has 1 unspecified atom stereocenters. The first-order chi connectivity index (χ1) is 15.9. The van der Waals surface area contributed by atoms with Gasteiger partial charge in [0.05, 0.1) is 42.9 Å². The highest BCUT2D eigenvalue weighted by molar-refractivity contribution is 7.22. The van der Waals surface area contributed by atoms with Gasteiger partial charge in [-0.2, -0.15) is 10.1 Å². The van der Waals surface area contributed by atoms with Crippen molar-refractivity contribution in [1.82, 2.24) is 20.1 Å². The number of ether oxygens (including phenoxy) is 2. The molecule has 172 valence electrons. The van der Waals surface area contributed by atoms with Crippen LogP contribution in [0.1, 0.15) is 24.2 Å². The molecule has 0 bridgehead atoms. The van der Waals surface area contributed by atoms with E-state index in [2.05, 4.69) is 10.4 Å². The lowest BCUT2D eigenvalue weighted by atomic mass is 10.1. The predicted molar refractivity (Wildman–Crippen MR) is 131 cm³/mol. The van der Waals surface area contributed by atoms with Crippen LogP contribution in [-0.2, 0) is 4.79 Å². The molecule has 0 saturated heterocycles. The molecule has 2 aromatic heterocycles. The molecular weight excluding hydrogens is 438 g/mol. The zero-order chi connectivity index (χ0) is 23.5. The highest BCUT2D eigenvalue weighted by Crippen LogP contribution is 2.32. The van der Waals surface area contributed by atoms with Crippen molar-refractivity contribution in [2.45, 2.75) is 19.9 Å². The predicted octanol–water partition coefficient (Wildman–Crippen LogP) is 4.12. The molecule has 1 N–H and O–H groups in total. The number of anilines is 1. The molecule has 0 aliphatic rings. The van der Waals surface area contributed by atoms with E-state index in [0.29, 0.717) is 0 Å². The average Bonchev–Trinajstić information content (AvgIpc) is 3.40. The molecule has 0 spiro atoms. The third-order valence-corrected chi connectivity index (χ3v) is 6.64. The van der Waals surface area contributed by atoms with Crippen LogP contribution in [0.3, 0.4) is 0 Å². The molecule has 4 aromatic rings. The zero-order valence-corrected chi connectivity index (χ0v) is 20.1. The fourth-order valence-corrected chi connectivity index (χ4v) is 4.50. The molecule has 33 heavy (non-hydrogen) atoms. The number of methoxy groups -OCH3 is 2. The summed E-state index contributed by atoms with van der Waals surface area (Å²) in [6, 6.07) is 15.2. The van der Waals surface area contributed by atoms with Gasteiger partial charge in [-0.05, 0) is 55.8 Å². The van der Waals surface area contributed by atoms with Crippen molar-refractivity contribution >= 4 is 32.7 Å². The van der Waals surface area contributed by atoms with Gasteiger partial charge in [0.25, 0.3) is 0 Å². The Balaban J connectivity index is 1.48. The number of carbonyl (C=O) groups excluding carboxylic acids is 1. The van der Waals surface area contributed by atoms with Crippen molar-refractivity contribution in [3.8, 4) is 17.2 Å². The standard InChI is InChI=1S/C24H27N5O3S/c1-15(17-7-6-8-20(13-17)32-5)25-21(30)14-28(3)24-26-23-22(33-24)16(2)27-29(23)18-9-11-19(31-4)12-10-18/h6-13,15H,14H2,1-5H3,(H,25,30). The topological polar surface area (TPSA) is 81.5 Å². The lowest BCUT2D eigenvalue weighted by Gasteiger charge is -2.19. The van der Waals surface area contributed by atoms with E-state index in [9.17, 15) is 4.79 Å². The Kier molecular flexibility index (Phi) is 6.50. The summed E-state index contributed by atoms with van der Waals surface area (Å²) in [5.41, 5.74) is 3.56. The Bertz CT molecular complexity index is 1270. The highest BCUT2D eigenvalue weighted by Gasteiger charge is 2.19. The Morgan fingerprint density at radius 3 is 2.58 bits per heavy atom. The van der Waals surface area contributed by atoms with E-state index in [1.165, 1.54) is 11.3 Å². The van der Waals surface area contributed by atoms with Gasteiger partial charge in [0.1, 0.15) is 11.5 Å². The average molecular weight is 466 g/mol. The van der Waals surface area contributed by atoms with E-state index < -0.39 is 0 Å². The van der Waals surface area contributed by atoms with E-state index >= 15 is 0 Å². The summed E-state index contributed by atoms with van der Waals surface area (Å²) in [6.07, 6.45) is 0. The molecule has 0 saturated carbocycles. The number of amides is 1. The number of carbonyl (C=O) groups is 1. The minimum atomic E-state index is -0.137. The van der Waals surface area contributed by atoms with Crippen molar-refractivity contribution in [2.75, 3.05) is 32.7 Å². The number of thiazole rings is 1. The number of fused-ring (bicyclic) bond motifs is 1. The summed E-state index contributed by atoms with van der Waals surface area (Å²) in [6.45, 7) is 4.11. The van der Waals surface area contributed by atoms with Gasteiger partial charge < -0.3 is 19.7 Å². The molecule has 0 aliphatic heterocycles. The van der Waals surface area contributed by atoms with Crippen LogP contribution in [0.5, 0.6) is 11.5 Å². The SMILES string of the molecule is COc1ccc(-n2nc(C)c3sc(N(C)CC(=O)NC(C)c4cccc(OC)c4)nc32)cc1. The van der Waals surface area contributed by atoms with Crippen LogP contribution < -0.4 is 19.7 Å². The largest absolute Gasteiger partial charge is 0.497 e. The number of nitrogens with zero attached hydrogens (tertiary/aromatic N) is 4. The molecule has 4 rings (SSSR count). The van der Waals surface area contributed by atoms with Crippen LogP contribution in [0.4, 0.5) is 5.13 Å². The van der Waals surface area contributed by atoms with Gasteiger partial charge in [0.15, 0.2) is 10.8 Å². The van der Waals surface area contributed by atoms with Gasteiger partial charge in [0, 0.05) is 7.05 Å². The minimum Gasteiger partial charge on any atom is -0.497 e. The summed E-state index contributed by atoms with van der Waals surface area (Å²) in [5, 5.41) is 8.45. The maximum absolute atomic E-state index is 12.7. The molecule has 2 heterocycles. The maximum Gasteiger partial charge on any atom is 0.240 e. The Morgan fingerprint density at radius 2 is 1.88 bits per heavy atom. The normalized spacial score (nSPS) is 11.9. The number of likely N-dealkylation sites (N-methyl/N-ethyl adjacent to an activating group) is 1. The molecule has 1 atom stereocenters. The second-order valence-corrected chi connectivity index (χ2v) is 8.74. The second-order valence-electron chi connectivity index (χ2n) is 7.77. The second kappa shape index (κ2) is 9.50. The number of rotatable bonds is 8. The fourth-order valence-electron chi connectivity index (χ4n) is 3.55. The Hall–Kier alpha value is -3.59. The molecule has 0 radical (unpaired) electrons. The molecule has 9 heteroatoms. The molecule has 2 aromatic carbocycles. The number of hydrogen-bond acceptors (Lipinski definition) is 7. The minimum absolute atomic E-state index is 0.0828. The number of aromatic nitrogens is 3. The van der Waals surface area contributed by atoms with E-state index in [0.717, 1.165) is 43.9 Å². The van der Waals surface area contributed by atoms with Gasteiger partial charge in [0.2, 0.25) is 5.91 Å². The first-order valence-corrected chi connectivity index (χ1v) is 11.4. The lowest BCUT2D eigenvalue weighted by molar-refractivity contribution is -0.120. The van der Waals surface area contributed by atoms with E-state index in [4.69, 9.17) is 14.5 Å². The lowest BCUT2D eigenvalue weighted by Crippen LogP contribution is -2.36. The van der Waals surface area contributed by atoms with Crippen LogP contribution >= 0.6 is 11.3 Å². The first-order valence-electron chi connectivity index (χ1n) is 10.5. The number of nitrogens with one attached hydrogen (secondary N) is 1. The van der Waals surface area contributed by atoms with Crippen LogP contribution in [-0.4, -0.2) is 48.5 Å². The van der Waals surface area contributed by atoms with Crippen molar-refractivity contribution in [3.05, 3.63) is 59.8 Å². The van der Waals surface area contributed by atoms with E-state index in [1.807, 2.05) is 79.0 Å². The monoisotopic (exact) mass is 465 g/mol. The van der Waals surface area contributed by atoms with Crippen LogP contribution in [0.2, 0.25) is 0 Å². The highest BCUT2D eigenvalue weighted by atomic mass is 32.1. The van der Waals surface area contributed by atoms with Crippen molar-refractivity contribution in [1.29, 1.82) is 0 Å². The summed E-state index contributed by atoms with van der Waals surface area (Å²) < 4.78 is 13.3. The molecular formula is C24H27N5O3S. The molecule has 0 fully saturated rings. The number of aryl methyl sites for hydroxylation is 1. The molecule has 0 aliphatic carbocycles. The smallest absolute Gasteiger partial charge is 0.240 e. The molecule has 8 nitrogen and oxygen atoms in total. The van der Waals surface area contributed by atoms with E-state index in [-0.39, 0.29) is 18.5 Å². The summed E-state index contributed by atoms with van der Waals surface area (Å²) >= 11 is 1.53. The first kappa shape index (κ1) is 22.6. The van der Waals surface area contributed by atoms with Crippen molar-refractivity contribution in [3.63, 3.8) is 0 Å². The number of hydrogen-bond donors (Lipinski definition) is 1. The zero-order valence-electron chi connectivity index (χ0n) is 19.3. The maximum atomic E-state index is 12.7. The van der Waals surface area contributed by atoms with E-state index in [1.54, 1.807) is 14.2 Å². The Morgan fingerprint density at radius 1 is 1.15 bits per heavy atom.